The minimum Gasteiger partial charge on any atom is -0.388 e. The third-order valence-electron chi connectivity index (χ3n) is 3.43. The average molecular weight is 317 g/mol. The van der Waals surface area contributed by atoms with Crippen LogP contribution in [0.1, 0.15) is 10.4 Å². The predicted molar refractivity (Wildman–Crippen MR) is 94.5 cm³/mol. The standard InChI is InChI=1S/C16H20N3O2P/c1-17-11-9-13(18-2)15(14(10-11)19-3)16(20)22(21)12-7-5-4-6-8-12/h4-10,17-19,22H,1-3H3. The molecule has 1 unspecified atom stereocenters. The Labute approximate surface area is 130 Å². The van der Waals surface area contributed by atoms with Crippen LogP contribution in [0.5, 0.6) is 0 Å². The zero-order valence-electron chi connectivity index (χ0n) is 12.9. The van der Waals surface area contributed by atoms with Crippen LogP contribution in [0.2, 0.25) is 0 Å². The Balaban J connectivity index is 2.51. The summed E-state index contributed by atoms with van der Waals surface area (Å²) in [5.41, 5.74) is 2.24. The number of benzene rings is 2. The number of carbonyl (C=O) groups is 1. The van der Waals surface area contributed by atoms with Crippen LogP contribution < -0.4 is 21.3 Å². The van der Waals surface area contributed by atoms with Crippen molar-refractivity contribution in [1.29, 1.82) is 0 Å². The number of hydrogen-bond acceptors (Lipinski definition) is 5. The monoisotopic (exact) mass is 317 g/mol. The van der Waals surface area contributed by atoms with Gasteiger partial charge in [-0.15, -0.1) is 0 Å². The molecule has 5 nitrogen and oxygen atoms in total. The van der Waals surface area contributed by atoms with Gasteiger partial charge < -0.3 is 20.5 Å². The molecule has 6 heteroatoms. The topological polar surface area (TPSA) is 70.2 Å². The maximum atomic E-state index is 12.7. The normalized spacial score (nSPS) is 11.6. The number of rotatable bonds is 6. The Bertz CT molecular complexity index is 677. The van der Waals surface area contributed by atoms with Crippen molar-refractivity contribution in [2.24, 2.45) is 0 Å². The van der Waals surface area contributed by atoms with E-state index in [-0.39, 0.29) is 5.52 Å². The highest BCUT2D eigenvalue weighted by atomic mass is 31.1. The van der Waals surface area contributed by atoms with Crippen LogP contribution in [0.15, 0.2) is 42.5 Å². The Hall–Kier alpha value is -2.26. The molecule has 2 aromatic rings. The van der Waals surface area contributed by atoms with E-state index >= 15 is 0 Å². The summed E-state index contributed by atoms with van der Waals surface area (Å²) in [6.45, 7) is 0. The highest BCUT2D eigenvalue weighted by Gasteiger charge is 2.23. The summed E-state index contributed by atoms with van der Waals surface area (Å²) >= 11 is 0. The van der Waals surface area contributed by atoms with Crippen molar-refractivity contribution in [3.63, 3.8) is 0 Å². The SMILES string of the molecule is CNc1cc(NC)c(C(=O)[PH](=O)c2ccccc2)c(NC)c1. The van der Waals surface area contributed by atoms with Crippen LogP contribution >= 0.6 is 7.80 Å². The predicted octanol–water partition coefficient (Wildman–Crippen LogP) is 2.84. The fraction of sp³-hybridized carbons (Fsp3) is 0.188. The second kappa shape index (κ2) is 7.14. The minimum absolute atomic E-state index is 0.354. The van der Waals surface area contributed by atoms with Gasteiger partial charge in [-0.1, -0.05) is 30.3 Å². The summed E-state index contributed by atoms with van der Waals surface area (Å²) in [5.74, 6) is 0. The van der Waals surface area contributed by atoms with Crippen LogP contribution in [0.25, 0.3) is 0 Å². The lowest BCUT2D eigenvalue weighted by Gasteiger charge is -2.16. The summed E-state index contributed by atoms with van der Waals surface area (Å²) in [5, 5.41) is 9.63. The van der Waals surface area contributed by atoms with Gasteiger partial charge in [-0.3, -0.25) is 4.79 Å². The van der Waals surface area contributed by atoms with Crippen molar-refractivity contribution in [1.82, 2.24) is 0 Å². The molecule has 0 aromatic heterocycles. The first-order chi connectivity index (χ1) is 10.6. The molecular formula is C16H20N3O2P. The quantitative estimate of drug-likeness (QED) is 0.715. The van der Waals surface area contributed by atoms with E-state index in [4.69, 9.17) is 0 Å². The molecule has 116 valence electrons. The third kappa shape index (κ3) is 3.15. The van der Waals surface area contributed by atoms with E-state index in [2.05, 4.69) is 16.0 Å². The Morgan fingerprint density at radius 2 is 1.45 bits per heavy atom. The summed E-state index contributed by atoms with van der Waals surface area (Å²) < 4.78 is 12.6. The van der Waals surface area contributed by atoms with Crippen molar-refractivity contribution in [3.05, 3.63) is 48.0 Å². The first-order valence-corrected chi connectivity index (χ1v) is 8.38. The molecule has 2 aromatic carbocycles. The fourth-order valence-electron chi connectivity index (χ4n) is 2.26. The van der Waals surface area contributed by atoms with Gasteiger partial charge in [-0.05, 0) is 12.1 Å². The molecule has 1 atom stereocenters. The molecule has 2 rings (SSSR count). The molecule has 0 bridgehead atoms. The summed E-state index contributed by atoms with van der Waals surface area (Å²) in [4.78, 5) is 12.7. The first-order valence-electron chi connectivity index (χ1n) is 6.97. The van der Waals surface area contributed by atoms with E-state index < -0.39 is 7.80 Å². The van der Waals surface area contributed by atoms with Gasteiger partial charge in [0.25, 0.3) is 0 Å². The molecule has 0 radical (unpaired) electrons. The molecule has 0 aliphatic heterocycles. The van der Waals surface area contributed by atoms with Gasteiger partial charge in [0.2, 0.25) is 5.52 Å². The number of hydrogen-bond donors (Lipinski definition) is 3. The van der Waals surface area contributed by atoms with Crippen molar-refractivity contribution < 1.29 is 9.36 Å². The molecule has 0 heterocycles. The first kappa shape index (κ1) is 16.1. The summed E-state index contributed by atoms with van der Waals surface area (Å²) in [6.07, 6.45) is 0. The molecular weight excluding hydrogens is 297 g/mol. The molecule has 0 saturated carbocycles. The van der Waals surface area contributed by atoms with Crippen molar-refractivity contribution in [3.8, 4) is 0 Å². The smallest absolute Gasteiger partial charge is 0.227 e. The number of nitrogens with one attached hydrogen (secondary N) is 3. The largest absolute Gasteiger partial charge is 0.388 e. The Kier molecular flexibility index (Phi) is 5.23. The molecule has 0 fully saturated rings. The number of carbonyl (C=O) groups excluding carboxylic acids is 1. The van der Waals surface area contributed by atoms with Gasteiger partial charge in [0.15, 0.2) is 7.80 Å². The lowest BCUT2D eigenvalue weighted by molar-refractivity contribution is 0.108. The molecule has 0 saturated heterocycles. The molecule has 22 heavy (non-hydrogen) atoms. The van der Waals surface area contributed by atoms with Crippen LogP contribution in [-0.2, 0) is 4.57 Å². The molecule has 0 aliphatic carbocycles. The summed E-state index contributed by atoms with van der Waals surface area (Å²) in [7, 11) is 2.72. The van der Waals surface area contributed by atoms with E-state index in [1.807, 2.05) is 25.2 Å². The van der Waals surface area contributed by atoms with Crippen LogP contribution in [0, 0.1) is 0 Å². The second-order valence-electron chi connectivity index (χ2n) is 4.72. The highest BCUT2D eigenvalue weighted by Crippen LogP contribution is 2.36. The van der Waals surface area contributed by atoms with Crippen molar-refractivity contribution in [2.75, 3.05) is 37.1 Å². The zero-order valence-corrected chi connectivity index (χ0v) is 13.9. The average Bonchev–Trinajstić information content (AvgIpc) is 2.59. The molecule has 3 N–H and O–H groups in total. The van der Waals surface area contributed by atoms with Gasteiger partial charge in [0.05, 0.1) is 5.56 Å². The van der Waals surface area contributed by atoms with Crippen molar-refractivity contribution >= 4 is 35.7 Å². The third-order valence-corrected chi connectivity index (χ3v) is 4.96. The molecule has 0 aliphatic rings. The van der Waals surface area contributed by atoms with E-state index in [1.165, 1.54) is 0 Å². The Morgan fingerprint density at radius 1 is 0.909 bits per heavy atom. The highest BCUT2D eigenvalue weighted by molar-refractivity contribution is 7.71. The van der Waals surface area contributed by atoms with E-state index in [0.717, 1.165) is 5.69 Å². The van der Waals surface area contributed by atoms with Crippen LogP contribution in [0.4, 0.5) is 17.1 Å². The lowest BCUT2D eigenvalue weighted by Crippen LogP contribution is -2.10. The summed E-state index contributed by atoms with van der Waals surface area (Å²) in [6, 6.07) is 12.5. The van der Waals surface area contributed by atoms with Crippen LogP contribution in [-0.4, -0.2) is 26.7 Å². The van der Waals surface area contributed by atoms with Gasteiger partial charge >= 0.3 is 0 Å². The maximum absolute atomic E-state index is 12.7. The van der Waals surface area contributed by atoms with Gasteiger partial charge in [0, 0.05) is 43.5 Å². The van der Waals surface area contributed by atoms with E-state index in [9.17, 15) is 9.36 Å². The minimum atomic E-state index is -2.57. The lowest BCUT2D eigenvalue weighted by atomic mass is 10.1. The zero-order chi connectivity index (χ0) is 16.1. The molecule has 0 amide bonds. The van der Waals surface area contributed by atoms with Crippen molar-refractivity contribution in [2.45, 2.75) is 0 Å². The number of anilines is 3. The fourth-order valence-corrected chi connectivity index (χ4v) is 3.51. The maximum Gasteiger partial charge on any atom is 0.227 e. The van der Waals surface area contributed by atoms with Gasteiger partial charge in [-0.2, -0.15) is 0 Å². The molecule has 0 spiro atoms. The van der Waals surface area contributed by atoms with Gasteiger partial charge in [0.1, 0.15) is 0 Å². The second-order valence-corrected chi connectivity index (χ2v) is 6.41. The van der Waals surface area contributed by atoms with Gasteiger partial charge in [-0.25, -0.2) is 0 Å². The Morgan fingerprint density at radius 3 is 1.91 bits per heavy atom. The van der Waals surface area contributed by atoms with E-state index in [0.29, 0.717) is 22.2 Å². The van der Waals surface area contributed by atoms with E-state index in [1.54, 1.807) is 38.4 Å². The van der Waals surface area contributed by atoms with Crippen LogP contribution in [0.3, 0.4) is 0 Å².